The Morgan fingerprint density at radius 3 is 2.96 bits per heavy atom. The van der Waals surface area contributed by atoms with Crippen molar-refractivity contribution in [2.24, 2.45) is 5.41 Å². The maximum atomic E-state index is 13.0. The van der Waals surface area contributed by atoms with Crippen LogP contribution in [0.2, 0.25) is 0 Å². The number of rotatable bonds is 3. The van der Waals surface area contributed by atoms with Gasteiger partial charge < -0.3 is 15.1 Å². The van der Waals surface area contributed by atoms with Crippen molar-refractivity contribution < 1.29 is 9.59 Å². The molecule has 1 atom stereocenters. The first-order chi connectivity index (χ1) is 11.7. The van der Waals surface area contributed by atoms with Gasteiger partial charge in [0.15, 0.2) is 0 Å². The first-order valence-electron chi connectivity index (χ1n) is 8.90. The first kappa shape index (κ1) is 15.4. The summed E-state index contributed by atoms with van der Waals surface area (Å²) in [5.41, 5.74) is 0.684. The second-order valence-corrected chi connectivity index (χ2v) is 7.37. The number of nitrogens with one attached hydrogen (secondary N) is 1. The van der Waals surface area contributed by atoms with Crippen molar-refractivity contribution in [3.63, 3.8) is 0 Å². The van der Waals surface area contributed by atoms with Crippen molar-refractivity contribution in [1.29, 1.82) is 0 Å². The lowest BCUT2D eigenvalue weighted by molar-refractivity contribution is -0.138. The zero-order chi connectivity index (χ0) is 16.6. The Hall–Kier alpha value is -2.11. The summed E-state index contributed by atoms with van der Waals surface area (Å²) >= 11 is 0. The minimum Gasteiger partial charge on any atom is -0.338 e. The molecule has 2 saturated heterocycles. The molecular weight excluding hydrogens is 304 g/mol. The largest absolute Gasteiger partial charge is 0.338 e. The van der Waals surface area contributed by atoms with Gasteiger partial charge in [-0.3, -0.25) is 9.78 Å². The lowest BCUT2D eigenvalue weighted by Crippen LogP contribution is -2.52. The van der Waals surface area contributed by atoms with E-state index in [1.165, 1.54) is 0 Å². The van der Waals surface area contributed by atoms with Crippen molar-refractivity contribution >= 4 is 11.9 Å². The monoisotopic (exact) mass is 328 g/mol. The number of amides is 3. The second-order valence-electron chi connectivity index (χ2n) is 7.37. The lowest BCUT2D eigenvalue weighted by Gasteiger charge is -2.39. The van der Waals surface area contributed by atoms with E-state index in [1.54, 1.807) is 6.20 Å². The van der Waals surface area contributed by atoms with Crippen LogP contribution in [0.3, 0.4) is 0 Å². The quantitative estimate of drug-likeness (QED) is 0.919. The number of hydrogen-bond acceptors (Lipinski definition) is 3. The molecule has 6 heteroatoms. The van der Waals surface area contributed by atoms with Crippen LogP contribution in [-0.4, -0.2) is 52.4 Å². The Balaban J connectivity index is 1.42. The summed E-state index contributed by atoms with van der Waals surface area (Å²) in [5.74, 6) is 0.204. The van der Waals surface area contributed by atoms with Crippen LogP contribution in [-0.2, 0) is 11.3 Å². The van der Waals surface area contributed by atoms with E-state index in [2.05, 4.69) is 10.3 Å². The van der Waals surface area contributed by atoms with Crippen molar-refractivity contribution in [2.45, 2.75) is 44.7 Å². The number of carbonyl (C=O) groups excluding carboxylic acids is 2. The molecule has 1 saturated carbocycles. The van der Waals surface area contributed by atoms with E-state index in [0.717, 1.165) is 50.8 Å². The number of nitrogens with zero attached hydrogens (tertiary/aromatic N) is 3. The van der Waals surface area contributed by atoms with E-state index in [-0.39, 0.29) is 17.4 Å². The minimum atomic E-state index is -0.374. The topological polar surface area (TPSA) is 65.5 Å². The van der Waals surface area contributed by atoms with Crippen molar-refractivity contribution in [3.05, 3.63) is 30.1 Å². The van der Waals surface area contributed by atoms with Gasteiger partial charge in [-0.2, -0.15) is 0 Å². The van der Waals surface area contributed by atoms with Gasteiger partial charge in [0.25, 0.3) is 0 Å². The smallest absolute Gasteiger partial charge is 0.317 e. The van der Waals surface area contributed by atoms with Gasteiger partial charge >= 0.3 is 6.03 Å². The zero-order valence-corrected chi connectivity index (χ0v) is 13.9. The molecule has 3 amide bonds. The molecule has 3 aliphatic rings. The predicted octanol–water partition coefficient (Wildman–Crippen LogP) is 1.77. The molecule has 1 spiro atoms. The highest BCUT2D eigenvalue weighted by molar-refractivity contribution is 5.86. The number of aromatic nitrogens is 1. The van der Waals surface area contributed by atoms with E-state index >= 15 is 0 Å². The molecule has 1 aliphatic carbocycles. The SMILES string of the molecule is O=C(NC1CC1)N1CCC[C@]2(CCN(Cc3cccnc3)C2=O)C1. The summed E-state index contributed by atoms with van der Waals surface area (Å²) < 4.78 is 0. The summed E-state index contributed by atoms with van der Waals surface area (Å²) in [6.45, 7) is 2.71. The highest BCUT2D eigenvalue weighted by atomic mass is 16.2. The minimum absolute atomic E-state index is 0.00934. The first-order valence-corrected chi connectivity index (χ1v) is 8.90. The third-order valence-corrected chi connectivity index (χ3v) is 5.47. The average molecular weight is 328 g/mol. The Morgan fingerprint density at radius 2 is 2.21 bits per heavy atom. The van der Waals surface area contributed by atoms with Crippen molar-refractivity contribution in [2.75, 3.05) is 19.6 Å². The Bertz CT molecular complexity index is 631. The van der Waals surface area contributed by atoms with E-state index in [4.69, 9.17) is 0 Å². The van der Waals surface area contributed by atoms with Gasteiger partial charge in [0.05, 0.1) is 5.41 Å². The third kappa shape index (κ3) is 2.97. The van der Waals surface area contributed by atoms with Crippen molar-refractivity contribution in [1.82, 2.24) is 20.1 Å². The maximum Gasteiger partial charge on any atom is 0.317 e. The van der Waals surface area contributed by atoms with E-state index in [0.29, 0.717) is 19.1 Å². The van der Waals surface area contributed by atoms with Crippen LogP contribution in [0.15, 0.2) is 24.5 Å². The summed E-state index contributed by atoms with van der Waals surface area (Å²) in [4.78, 5) is 33.3. The van der Waals surface area contributed by atoms with Gasteiger partial charge in [-0.1, -0.05) is 6.07 Å². The fourth-order valence-corrected chi connectivity index (χ4v) is 3.93. The lowest BCUT2D eigenvalue weighted by atomic mass is 9.78. The fraction of sp³-hybridized carbons (Fsp3) is 0.611. The standard InChI is InChI=1S/C18H24N4O2/c23-16-18(7-10-21(16)12-14-3-1-8-19-11-14)6-2-9-22(13-18)17(24)20-15-4-5-15/h1,3,8,11,15H,2,4-7,9-10,12-13H2,(H,20,24)/t18-/m0/s1. The van der Waals surface area contributed by atoms with Gasteiger partial charge in [0.1, 0.15) is 0 Å². The van der Waals surface area contributed by atoms with Crippen LogP contribution in [0.4, 0.5) is 4.79 Å². The van der Waals surface area contributed by atoms with Gasteiger partial charge in [-0.25, -0.2) is 4.79 Å². The van der Waals surface area contributed by atoms with Gasteiger partial charge in [0.2, 0.25) is 5.91 Å². The number of carbonyl (C=O) groups is 2. The molecule has 4 rings (SSSR count). The molecule has 6 nitrogen and oxygen atoms in total. The van der Waals surface area contributed by atoms with Gasteiger partial charge in [-0.15, -0.1) is 0 Å². The van der Waals surface area contributed by atoms with Crippen LogP contribution in [0.25, 0.3) is 0 Å². The summed E-state index contributed by atoms with van der Waals surface area (Å²) in [6, 6.07) is 4.27. The molecule has 24 heavy (non-hydrogen) atoms. The third-order valence-electron chi connectivity index (χ3n) is 5.47. The van der Waals surface area contributed by atoms with Crippen LogP contribution in [0, 0.1) is 5.41 Å². The summed E-state index contributed by atoms with van der Waals surface area (Å²) in [6.07, 6.45) is 8.38. The fourth-order valence-electron chi connectivity index (χ4n) is 3.93. The van der Waals surface area contributed by atoms with Crippen LogP contribution in [0.1, 0.15) is 37.7 Å². The van der Waals surface area contributed by atoms with Gasteiger partial charge in [-0.05, 0) is 43.7 Å². The number of urea groups is 1. The Morgan fingerprint density at radius 1 is 1.33 bits per heavy atom. The molecular formula is C18H24N4O2. The van der Waals surface area contributed by atoms with E-state index in [1.807, 2.05) is 28.1 Å². The highest BCUT2D eigenvalue weighted by Crippen LogP contribution is 2.40. The number of likely N-dealkylation sites (tertiary alicyclic amines) is 2. The molecule has 128 valence electrons. The molecule has 1 aromatic rings. The molecule has 0 radical (unpaired) electrons. The zero-order valence-electron chi connectivity index (χ0n) is 13.9. The molecule has 3 fully saturated rings. The van der Waals surface area contributed by atoms with Crippen LogP contribution in [0.5, 0.6) is 0 Å². The molecule has 1 aromatic heterocycles. The summed E-state index contributed by atoms with van der Waals surface area (Å²) in [5, 5.41) is 3.05. The molecule has 0 bridgehead atoms. The highest BCUT2D eigenvalue weighted by Gasteiger charge is 2.49. The van der Waals surface area contributed by atoms with Gasteiger partial charge in [0, 0.05) is 44.6 Å². The summed E-state index contributed by atoms with van der Waals surface area (Å²) in [7, 11) is 0. The second kappa shape index (κ2) is 6.07. The predicted molar refractivity (Wildman–Crippen MR) is 89.1 cm³/mol. The van der Waals surface area contributed by atoms with Crippen molar-refractivity contribution in [3.8, 4) is 0 Å². The Labute approximate surface area is 142 Å². The number of pyridine rings is 1. The molecule has 3 heterocycles. The number of piperidine rings is 1. The average Bonchev–Trinajstić information content (AvgIpc) is 3.38. The van der Waals surface area contributed by atoms with E-state index < -0.39 is 0 Å². The molecule has 1 N–H and O–H groups in total. The number of hydrogen-bond donors (Lipinski definition) is 1. The normalized spacial score (nSPS) is 26.9. The molecule has 0 unspecified atom stereocenters. The maximum absolute atomic E-state index is 13.0. The van der Waals surface area contributed by atoms with Crippen LogP contribution < -0.4 is 5.32 Å². The van der Waals surface area contributed by atoms with E-state index in [9.17, 15) is 9.59 Å². The molecule has 0 aromatic carbocycles. The molecule has 2 aliphatic heterocycles. The van der Waals surface area contributed by atoms with Crippen LogP contribution >= 0.6 is 0 Å². The Kier molecular flexibility index (Phi) is 3.90.